The molecular weight excluding hydrogens is 461 g/mol. The topological polar surface area (TPSA) is 106 Å². The number of nitrogens with zero attached hydrogens (tertiary/aromatic N) is 1. The van der Waals surface area contributed by atoms with Crippen LogP contribution in [0.25, 0.3) is 10.8 Å². The summed E-state index contributed by atoms with van der Waals surface area (Å²) in [6.45, 7) is 1.44. The molecule has 1 heterocycles. The fourth-order valence-electron chi connectivity index (χ4n) is 4.64. The van der Waals surface area contributed by atoms with Gasteiger partial charge in [0, 0.05) is 27.8 Å². The fraction of sp³-hybridized carbons (Fsp3) is 0.348. The quantitative estimate of drug-likeness (QED) is 0.404. The number of aromatic nitrogens is 1. The molecule has 0 spiro atoms. The Labute approximate surface area is 191 Å². The van der Waals surface area contributed by atoms with Crippen LogP contribution in [0.5, 0.6) is 0 Å². The zero-order chi connectivity index (χ0) is 24.2. The number of aryl methyl sites for hydroxylation is 1. The van der Waals surface area contributed by atoms with Gasteiger partial charge in [0.15, 0.2) is 0 Å². The number of nitrogen functional groups attached to an aromatic ring is 1. The first kappa shape index (κ1) is 23.3. The van der Waals surface area contributed by atoms with Crippen molar-refractivity contribution in [3.8, 4) is 0 Å². The number of hydrogen-bond acceptors (Lipinski definition) is 6. The number of ketones is 1. The third-order valence-corrected chi connectivity index (χ3v) is 6.86. The molecule has 0 aliphatic heterocycles. The summed E-state index contributed by atoms with van der Waals surface area (Å²) < 4.78 is 47.6. The molecule has 1 atom stereocenters. The van der Waals surface area contributed by atoms with Crippen molar-refractivity contribution in [2.24, 2.45) is 0 Å². The molecule has 3 N–H and O–H groups in total. The Balaban J connectivity index is 1.86. The van der Waals surface area contributed by atoms with Gasteiger partial charge in [0.25, 0.3) is 0 Å². The maximum absolute atomic E-state index is 14.3. The van der Waals surface area contributed by atoms with Gasteiger partial charge >= 0.3 is 11.8 Å². The van der Waals surface area contributed by atoms with E-state index in [9.17, 15) is 27.9 Å². The van der Waals surface area contributed by atoms with E-state index in [2.05, 4.69) is 9.68 Å². The number of halogens is 4. The summed E-state index contributed by atoms with van der Waals surface area (Å²) in [7, 11) is 0. The first-order chi connectivity index (χ1) is 15.4. The number of rotatable bonds is 5. The molecule has 174 valence electrons. The van der Waals surface area contributed by atoms with Crippen LogP contribution >= 0.6 is 11.6 Å². The van der Waals surface area contributed by atoms with Crippen LogP contribution in [0.3, 0.4) is 0 Å². The molecular formula is C23H20ClF3N2O4. The number of anilines is 1. The van der Waals surface area contributed by atoms with Crippen molar-refractivity contribution in [1.29, 1.82) is 0 Å². The van der Waals surface area contributed by atoms with Gasteiger partial charge in [-0.25, -0.2) is 4.79 Å². The van der Waals surface area contributed by atoms with Crippen LogP contribution < -0.4 is 11.4 Å². The van der Waals surface area contributed by atoms with Gasteiger partial charge in [-0.05, 0) is 43.5 Å². The number of carbonyl (C=O) groups is 1. The maximum atomic E-state index is 14.3. The number of aliphatic hydroxyl groups is 1. The largest absolute Gasteiger partial charge is 0.424 e. The third kappa shape index (κ3) is 3.59. The minimum atomic E-state index is -5.29. The molecule has 0 saturated heterocycles. The first-order valence-electron chi connectivity index (χ1n) is 10.2. The summed E-state index contributed by atoms with van der Waals surface area (Å²) in [5.74, 6) is -1.60. The van der Waals surface area contributed by atoms with Gasteiger partial charge in [-0.15, -0.1) is 0 Å². The van der Waals surface area contributed by atoms with Gasteiger partial charge in [0.05, 0.1) is 16.8 Å². The van der Waals surface area contributed by atoms with Gasteiger partial charge in [-0.1, -0.05) is 41.4 Å². The van der Waals surface area contributed by atoms with Crippen molar-refractivity contribution in [2.75, 3.05) is 5.73 Å². The van der Waals surface area contributed by atoms with Crippen molar-refractivity contribution in [1.82, 2.24) is 5.16 Å². The smallest absolute Gasteiger partial charge is 0.398 e. The highest BCUT2D eigenvalue weighted by Gasteiger charge is 2.63. The number of benzene rings is 2. The molecule has 0 amide bonds. The molecule has 0 radical (unpaired) electrons. The number of hydrogen-bond donors (Lipinski definition) is 2. The van der Waals surface area contributed by atoms with Crippen molar-refractivity contribution in [3.05, 3.63) is 68.7 Å². The van der Waals surface area contributed by atoms with E-state index in [1.165, 1.54) is 6.92 Å². The molecule has 4 rings (SSSR count). The highest BCUT2D eigenvalue weighted by atomic mass is 35.5. The third-order valence-electron chi connectivity index (χ3n) is 6.53. The lowest BCUT2D eigenvalue weighted by Gasteiger charge is -2.47. The van der Waals surface area contributed by atoms with Crippen molar-refractivity contribution in [2.45, 2.75) is 49.8 Å². The van der Waals surface area contributed by atoms with Crippen LogP contribution in [0.15, 0.2) is 45.7 Å². The average Bonchev–Trinajstić information content (AvgIpc) is 2.72. The molecule has 6 nitrogen and oxygen atoms in total. The summed E-state index contributed by atoms with van der Waals surface area (Å²) >= 11 is 6.27. The Kier molecular flexibility index (Phi) is 5.53. The van der Waals surface area contributed by atoms with Crippen LogP contribution in [0, 0.1) is 6.92 Å². The highest BCUT2D eigenvalue weighted by Crippen LogP contribution is 2.54. The van der Waals surface area contributed by atoms with Crippen molar-refractivity contribution in [3.63, 3.8) is 0 Å². The molecule has 1 aromatic heterocycles. The minimum absolute atomic E-state index is 0.00563. The number of carbonyl (C=O) groups excluding carboxylic acids is 1. The lowest BCUT2D eigenvalue weighted by molar-refractivity contribution is -0.245. The zero-order valence-corrected chi connectivity index (χ0v) is 18.3. The minimum Gasteiger partial charge on any atom is -0.398 e. The van der Waals surface area contributed by atoms with Gasteiger partial charge < -0.3 is 15.4 Å². The van der Waals surface area contributed by atoms with Crippen molar-refractivity contribution < 1.29 is 27.6 Å². The summed E-state index contributed by atoms with van der Waals surface area (Å²) in [5.41, 5.74) is -0.00919. The molecule has 1 fully saturated rings. The average molecular weight is 481 g/mol. The molecule has 0 bridgehead atoms. The fourth-order valence-corrected chi connectivity index (χ4v) is 4.98. The van der Waals surface area contributed by atoms with Gasteiger partial charge in [-0.2, -0.15) is 13.2 Å². The predicted molar refractivity (Wildman–Crippen MR) is 116 cm³/mol. The van der Waals surface area contributed by atoms with Crippen LogP contribution in [-0.2, 0) is 5.41 Å². The van der Waals surface area contributed by atoms with E-state index in [4.69, 9.17) is 17.3 Å². The summed E-state index contributed by atoms with van der Waals surface area (Å²) in [5, 5.41) is 14.8. The van der Waals surface area contributed by atoms with E-state index >= 15 is 0 Å². The zero-order valence-electron chi connectivity index (χ0n) is 17.5. The molecule has 1 aliphatic carbocycles. The molecule has 2 aromatic carbocycles. The first-order valence-corrected chi connectivity index (χ1v) is 10.6. The van der Waals surface area contributed by atoms with Gasteiger partial charge in [0.2, 0.25) is 11.4 Å². The molecule has 1 saturated carbocycles. The normalized spacial score (nSPS) is 17.4. The van der Waals surface area contributed by atoms with E-state index < -0.39 is 40.6 Å². The number of Topliss-reactive ketones (excluding diaryl/α,β-unsaturated/α-hetero) is 1. The summed E-state index contributed by atoms with van der Waals surface area (Å²) in [6, 6.07) is 8.62. The van der Waals surface area contributed by atoms with E-state index in [1.807, 2.05) is 0 Å². The Morgan fingerprint density at radius 1 is 1.24 bits per heavy atom. The summed E-state index contributed by atoms with van der Waals surface area (Å²) in [6.07, 6.45) is -4.90. The maximum Gasteiger partial charge on any atom is 0.424 e. The van der Waals surface area contributed by atoms with Crippen molar-refractivity contribution >= 4 is 33.8 Å². The lowest BCUT2D eigenvalue weighted by atomic mass is 9.58. The van der Waals surface area contributed by atoms with E-state index in [-0.39, 0.29) is 27.2 Å². The van der Waals surface area contributed by atoms with E-state index in [0.29, 0.717) is 24.8 Å². The second-order valence-electron chi connectivity index (χ2n) is 8.48. The van der Waals surface area contributed by atoms with Gasteiger partial charge in [-0.3, -0.25) is 4.79 Å². The number of nitrogens with two attached hydrogens (primary N) is 1. The van der Waals surface area contributed by atoms with Crippen LogP contribution in [-0.4, -0.2) is 27.8 Å². The second-order valence-corrected chi connectivity index (χ2v) is 8.89. The van der Waals surface area contributed by atoms with Crippen LogP contribution in [0.1, 0.15) is 47.3 Å². The Morgan fingerprint density at radius 2 is 1.91 bits per heavy atom. The Bertz CT molecular complexity index is 1320. The van der Waals surface area contributed by atoms with Crippen LogP contribution in [0.4, 0.5) is 18.9 Å². The van der Waals surface area contributed by atoms with Crippen LogP contribution in [0.2, 0.25) is 5.02 Å². The molecule has 33 heavy (non-hydrogen) atoms. The molecule has 3 aromatic rings. The van der Waals surface area contributed by atoms with Gasteiger partial charge in [0.1, 0.15) is 0 Å². The summed E-state index contributed by atoms with van der Waals surface area (Å²) in [4.78, 5) is 25.2. The highest BCUT2D eigenvalue weighted by molar-refractivity contribution is 6.31. The number of fused-ring (bicyclic) bond motifs is 1. The van der Waals surface area contributed by atoms with E-state index in [1.54, 1.807) is 24.3 Å². The number of alkyl halides is 3. The lowest BCUT2D eigenvalue weighted by Crippen LogP contribution is -2.57. The monoisotopic (exact) mass is 480 g/mol. The SMILES string of the molecule is Cc1noc(=O)c2ccc(C(=O)C(O)(CC3(c4ccccc4Cl)CCC3)C(F)(F)F)c(N)c12. The molecule has 1 aliphatic rings. The van der Waals surface area contributed by atoms with E-state index in [0.717, 1.165) is 12.1 Å². The molecule has 1 unspecified atom stereocenters. The Morgan fingerprint density at radius 3 is 2.48 bits per heavy atom. The predicted octanol–water partition coefficient (Wildman–Crippen LogP) is 4.72. The standard InChI is InChI=1S/C23H20ClF3N2O4/c1-12-17-13(20(31)33-29-12)7-8-14(18(17)28)19(30)22(32,23(25,26)27)11-21(9-4-10-21)15-5-2-3-6-16(15)24/h2-3,5-8,32H,4,9-11,28H2,1H3. The second kappa shape index (κ2) is 7.85. The Hall–Kier alpha value is -2.91. The molecule has 10 heteroatoms.